The normalized spacial score (nSPS) is 13.2. The summed E-state index contributed by atoms with van der Waals surface area (Å²) in [5.41, 5.74) is 4.91. The highest BCUT2D eigenvalue weighted by Gasteiger charge is 2.39. The molecular weight excluding hydrogens is 494 g/mol. The number of amides is 3. The second-order valence-corrected chi connectivity index (χ2v) is 8.98. The molecule has 0 atom stereocenters. The minimum atomic E-state index is -0.709. The summed E-state index contributed by atoms with van der Waals surface area (Å²) in [4.78, 5) is 51.4. The largest absolute Gasteiger partial charge is 0.465 e. The van der Waals surface area contributed by atoms with Crippen molar-refractivity contribution in [2.24, 2.45) is 0 Å². The molecule has 0 unspecified atom stereocenters. The molecule has 2 N–H and O–H groups in total. The Morgan fingerprint density at radius 1 is 0.865 bits per heavy atom. The molecule has 1 heterocycles. The van der Waals surface area contributed by atoms with Gasteiger partial charge in [-0.2, -0.15) is 0 Å². The molecule has 0 aromatic heterocycles. The van der Waals surface area contributed by atoms with E-state index in [0.717, 1.165) is 27.3 Å². The molecular formula is C28H24ClN3O5. The van der Waals surface area contributed by atoms with Crippen LogP contribution in [0.25, 0.3) is 0 Å². The maximum Gasteiger partial charge on any atom is 0.337 e. The Bertz CT molecular complexity index is 1450. The highest BCUT2D eigenvalue weighted by atomic mass is 35.5. The van der Waals surface area contributed by atoms with Crippen molar-refractivity contribution in [3.05, 3.63) is 99.2 Å². The Labute approximate surface area is 218 Å². The number of nitrogens with one attached hydrogen (secondary N) is 2. The lowest BCUT2D eigenvalue weighted by molar-refractivity contribution is -0.120. The van der Waals surface area contributed by atoms with Crippen LogP contribution in [0, 0.1) is 20.8 Å². The average Bonchev–Trinajstić information content (AvgIpc) is 3.08. The first-order chi connectivity index (χ1) is 17.6. The van der Waals surface area contributed by atoms with Gasteiger partial charge in [-0.25, -0.2) is 9.69 Å². The Morgan fingerprint density at radius 3 is 2.14 bits per heavy atom. The number of ether oxygens (including phenoxy) is 1. The summed E-state index contributed by atoms with van der Waals surface area (Å²) in [5.74, 6) is -2.23. The number of hydrogen-bond acceptors (Lipinski definition) is 6. The number of rotatable bonds is 6. The number of halogens is 1. The molecule has 188 valence electrons. The molecule has 1 aliphatic rings. The van der Waals surface area contributed by atoms with E-state index >= 15 is 0 Å². The minimum absolute atomic E-state index is 0.119. The molecule has 0 radical (unpaired) electrons. The third-order valence-electron chi connectivity index (χ3n) is 5.88. The van der Waals surface area contributed by atoms with Crippen molar-refractivity contribution in [1.29, 1.82) is 0 Å². The van der Waals surface area contributed by atoms with Crippen LogP contribution >= 0.6 is 11.6 Å². The zero-order chi connectivity index (χ0) is 26.9. The number of esters is 1. The molecule has 3 aromatic carbocycles. The van der Waals surface area contributed by atoms with Crippen molar-refractivity contribution in [2.75, 3.05) is 22.6 Å². The number of aryl methyl sites for hydroxylation is 3. The van der Waals surface area contributed by atoms with Crippen molar-refractivity contribution in [3.8, 4) is 0 Å². The Hall–Kier alpha value is -4.43. The van der Waals surface area contributed by atoms with Gasteiger partial charge in [0.15, 0.2) is 0 Å². The van der Waals surface area contributed by atoms with Crippen LogP contribution in [0.3, 0.4) is 0 Å². The number of carbonyl (C=O) groups is 4. The molecule has 0 fully saturated rings. The molecule has 3 amide bonds. The van der Waals surface area contributed by atoms with Crippen LogP contribution in [0.15, 0.2) is 71.4 Å². The monoisotopic (exact) mass is 517 g/mol. The van der Waals surface area contributed by atoms with E-state index in [4.69, 9.17) is 11.6 Å². The Kier molecular flexibility index (Phi) is 7.13. The second kappa shape index (κ2) is 10.3. The topological polar surface area (TPSA) is 105 Å². The van der Waals surface area contributed by atoms with E-state index in [1.54, 1.807) is 24.3 Å². The van der Waals surface area contributed by atoms with Crippen LogP contribution < -0.4 is 15.5 Å². The fraction of sp³-hybridized carbons (Fsp3) is 0.143. The number of hydrogen-bond donors (Lipinski definition) is 2. The Morgan fingerprint density at radius 2 is 1.51 bits per heavy atom. The van der Waals surface area contributed by atoms with Crippen LogP contribution in [0.5, 0.6) is 0 Å². The number of anilines is 3. The molecule has 0 saturated heterocycles. The highest BCUT2D eigenvalue weighted by Crippen LogP contribution is 2.31. The molecule has 0 bridgehead atoms. The lowest BCUT2D eigenvalue weighted by atomic mass is 10.0. The van der Waals surface area contributed by atoms with E-state index in [9.17, 15) is 19.2 Å². The first-order valence-corrected chi connectivity index (χ1v) is 11.7. The van der Waals surface area contributed by atoms with Gasteiger partial charge in [0, 0.05) is 16.9 Å². The molecule has 0 saturated carbocycles. The predicted molar refractivity (Wildman–Crippen MR) is 142 cm³/mol. The van der Waals surface area contributed by atoms with E-state index < -0.39 is 17.8 Å². The van der Waals surface area contributed by atoms with Crippen molar-refractivity contribution in [1.82, 2.24) is 0 Å². The summed E-state index contributed by atoms with van der Waals surface area (Å²) >= 11 is 6.23. The van der Waals surface area contributed by atoms with Crippen LogP contribution in [0.4, 0.5) is 17.1 Å². The lowest BCUT2D eigenvalue weighted by Gasteiger charge is -2.16. The van der Waals surface area contributed by atoms with Crippen LogP contribution in [0.2, 0.25) is 0 Å². The number of imide groups is 1. The zero-order valence-corrected chi connectivity index (χ0v) is 21.4. The molecule has 0 spiro atoms. The maximum absolute atomic E-state index is 13.1. The van der Waals surface area contributed by atoms with Gasteiger partial charge >= 0.3 is 5.97 Å². The van der Waals surface area contributed by atoms with E-state index in [-0.39, 0.29) is 27.9 Å². The molecule has 0 aliphatic carbocycles. The van der Waals surface area contributed by atoms with Gasteiger partial charge in [0.2, 0.25) is 0 Å². The third-order valence-corrected chi connectivity index (χ3v) is 6.23. The first kappa shape index (κ1) is 25.7. The third kappa shape index (κ3) is 5.10. The van der Waals surface area contributed by atoms with Crippen LogP contribution in [0.1, 0.15) is 37.4 Å². The standard InChI is InChI=1S/C28H24ClN3O5/c1-15-12-16(2)23(17(3)13-15)31-25(33)19-6-5-7-20(14-19)30-24-22(29)26(34)32(27(24)35)21-10-8-18(9-11-21)28(36)37-4/h5-14,30H,1-4H3,(H,31,33). The van der Waals surface area contributed by atoms with E-state index in [1.165, 1.54) is 31.4 Å². The zero-order valence-electron chi connectivity index (χ0n) is 20.6. The second-order valence-electron chi connectivity index (χ2n) is 8.61. The summed E-state index contributed by atoms with van der Waals surface area (Å²) in [7, 11) is 1.26. The quantitative estimate of drug-likeness (QED) is 0.349. The summed E-state index contributed by atoms with van der Waals surface area (Å²) in [5, 5.41) is 5.54. The molecule has 4 rings (SSSR count). The summed E-state index contributed by atoms with van der Waals surface area (Å²) in [6, 6.07) is 16.3. The van der Waals surface area contributed by atoms with E-state index in [2.05, 4.69) is 15.4 Å². The van der Waals surface area contributed by atoms with Crippen molar-refractivity contribution < 1.29 is 23.9 Å². The van der Waals surface area contributed by atoms with Gasteiger partial charge in [-0.3, -0.25) is 14.4 Å². The van der Waals surface area contributed by atoms with Crippen LogP contribution in [-0.4, -0.2) is 30.8 Å². The van der Waals surface area contributed by atoms with Gasteiger partial charge in [0.1, 0.15) is 10.7 Å². The van der Waals surface area contributed by atoms with Crippen molar-refractivity contribution in [2.45, 2.75) is 20.8 Å². The summed E-state index contributed by atoms with van der Waals surface area (Å²) < 4.78 is 4.67. The lowest BCUT2D eigenvalue weighted by Crippen LogP contribution is -2.32. The Balaban J connectivity index is 1.53. The fourth-order valence-electron chi connectivity index (χ4n) is 4.16. The molecule has 37 heavy (non-hydrogen) atoms. The predicted octanol–water partition coefficient (Wildman–Crippen LogP) is 5.09. The fourth-order valence-corrected chi connectivity index (χ4v) is 4.37. The minimum Gasteiger partial charge on any atom is -0.465 e. The number of methoxy groups -OCH3 is 1. The summed E-state index contributed by atoms with van der Waals surface area (Å²) in [6.07, 6.45) is 0. The van der Waals surface area contributed by atoms with E-state index in [1.807, 2.05) is 32.9 Å². The summed E-state index contributed by atoms with van der Waals surface area (Å²) in [6.45, 7) is 5.85. The first-order valence-electron chi connectivity index (χ1n) is 11.3. The van der Waals surface area contributed by atoms with Crippen molar-refractivity contribution >= 4 is 52.4 Å². The molecule has 8 nitrogen and oxygen atoms in total. The molecule has 9 heteroatoms. The van der Waals surface area contributed by atoms with Crippen molar-refractivity contribution in [3.63, 3.8) is 0 Å². The SMILES string of the molecule is COC(=O)c1ccc(N2C(=O)C(Cl)=C(Nc3cccc(C(=O)Nc4c(C)cc(C)cc4C)c3)C2=O)cc1. The maximum atomic E-state index is 13.1. The van der Waals surface area contributed by atoms with E-state index in [0.29, 0.717) is 11.3 Å². The van der Waals surface area contributed by atoms with Gasteiger partial charge in [-0.05, 0) is 74.4 Å². The molecule has 1 aliphatic heterocycles. The van der Waals surface area contributed by atoms with Gasteiger partial charge in [-0.1, -0.05) is 35.4 Å². The highest BCUT2D eigenvalue weighted by molar-refractivity contribution is 6.53. The van der Waals surface area contributed by atoms with Crippen LogP contribution in [-0.2, 0) is 14.3 Å². The molecule has 3 aromatic rings. The number of carbonyl (C=O) groups excluding carboxylic acids is 4. The van der Waals surface area contributed by atoms with Gasteiger partial charge in [-0.15, -0.1) is 0 Å². The average molecular weight is 518 g/mol. The number of nitrogens with zero attached hydrogens (tertiary/aromatic N) is 1. The van der Waals surface area contributed by atoms with Gasteiger partial charge in [0.05, 0.1) is 18.4 Å². The van der Waals surface area contributed by atoms with Gasteiger partial charge in [0.25, 0.3) is 17.7 Å². The smallest absolute Gasteiger partial charge is 0.337 e. The van der Waals surface area contributed by atoms with Gasteiger partial charge < -0.3 is 15.4 Å². The number of benzene rings is 3.